The minimum absolute atomic E-state index is 0.118. The molecule has 0 aliphatic carbocycles. The van der Waals surface area contributed by atoms with Crippen LogP contribution in [0.2, 0.25) is 0 Å². The summed E-state index contributed by atoms with van der Waals surface area (Å²) < 4.78 is 40.8. The van der Waals surface area contributed by atoms with Gasteiger partial charge in [-0.25, -0.2) is 0 Å². The largest absolute Gasteiger partial charge is 0.465 e. The van der Waals surface area contributed by atoms with Crippen LogP contribution in [-0.2, 0) is 9.53 Å². The van der Waals surface area contributed by atoms with Crippen molar-refractivity contribution in [3.63, 3.8) is 0 Å². The molecule has 0 radical (unpaired) electrons. The van der Waals surface area contributed by atoms with Crippen molar-refractivity contribution < 1.29 is 22.7 Å². The lowest BCUT2D eigenvalue weighted by atomic mass is 9.88. The second kappa shape index (κ2) is 5.05. The second-order valence-electron chi connectivity index (χ2n) is 4.06. The van der Waals surface area contributed by atoms with Crippen molar-refractivity contribution in [3.8, 4) is 0 Å². The number of ether oxygens (including phenoxy) is 1. The van der Waals surface area contributed by atoms with E-state index in [0.29, 0.717) is 0 Å². The van der Waals surface area contributed by atoms with E-state index in [1.54, 1.807) is 0 Å². The van der Waals surface area contributed by atoms with Crippen molar-refractivity contribution in [2.24, 2.45) is 5.41 Å². The number of carbonyl (C=O) groups is 1. The first-order valence-electron chi connectivity index (χ1n) is 4.39. The number of esters is 1. The molecule has 0 saturated heterocycles. The highest BCUT2D eigenvalue weighted by atomic mass is 35.5. The molecular weight excluding hydrogens is 233 g/mol. The SMILES string of the molecule is CC(=O)OCC(C)(C)C(Cl)CC(F)(F)F. The summed E-state index contributed by atoms with van der Waals surface area (Å²) in [5.41, 5.74) is -0.900. The number of carbonyl (C=O) groups excluding carboxylic acids is 1. The Labute approximate surface area is 91.7 Å². The quantitative estimate of drug-likeness (QED) is 0.563. The van der Waals surface area contributed by atoms with Crippen molar-refractivity contribution in [2.45, 2.75) is 38.7 Å². The van der Waals surface area contributed by atoms with E-state index in [1.165, 1.54) is 20.8 Å². The van der Waals surface area contributed by atoms with Gasteiger partial charge in [-0.2, -0.15) is 13.2 Å². The molecule has 0 saturated carbocycles. The van der Waals surface area contributed by atoms with E-state index in [4.69, 9.17) is 11.6 Å². The molecule has 6 heteroatoms. The summed E-state index contributed by atoms with van der Waals surface area (Å²) in [6, 6.07) is 0. The molecule has 0 fully saturated rings. The van der Waals surface area contributed by atoms with E-state index in [-0.39, 0.29) is 6.61 Å². The highest BCUT2D eigenvalue weighted by Crippen LogP contribution is 2.34. The standard InChI is InChI=1S/C9H14ClF3O2/c1-6(14)15-5-8(2,3)7(10)4-9(11,12)13/h7H,4-5H2,1-3H3. The van der Waals surface area contributed by atoms with Crippen molar-refractivity contribution in [3.05, 3.63) is 0 Å². The summed E-state index contributed by atoms with van der Waals surface area (Å²) in [6.45, 7) is 4.13. The van der Waals surface area contributed by atoms with Gasteiger partial charge in [-0.3, -0.25) is 4.79 Å². The maximum absolute atomic E-state index is 12.0. The summed E-state index contributed by atoms with van der Waals surface area (Å²) >= 11 is 5.63. The van der Waals surface area contributed by atoms with Gasteiger partial charge < -0.3 is 4.74 Å². The highest BCUT2D eigenvalue weighted by Gasteiger charge is 2.39. The lowest BCUT2D eigenvalue weighted by molar-refractivity contribution is -0.148. The Bertz CT molecular complexity index is 226. The molecule has 0 aromatic heterocycles. The average molecular weight is 247 g/mol. The Morgan fingerprint density at radius 3 is 2.20 bits per heavy atom. The fourth-order valence-electron chi connectivity index (χ4n) is 0.858. The predicted molar refractivity (Wildman–Crippen MR) is 50.7 cm³/mol. The Balaban J connectivity index is 4.25. The van der Waals surface area contributed by atoms with Crippen LogP contribution >= 0.6 is 11.6 Å². The summed E-state index contributed by atoms with van der Waals surface area (Å²) in [5, 5.41) is -1.11. The Kier molecular flexibility index (Phi) is 4.90. The molecule has 90 valence electrons. The van der Waals surface area contributed by atoms with Crippen LogP contribution in [0.1, 0.15) is 27.2 Å². The Morgan fingerprint density at radius 2 is 1.87 bits per heavy atom. The van der Waals surface area contributed by atoms with Gasteiger partial charge in [-0.1, -0.05) is 13.8 Å². The van der Waals surface area contributed by atoms with Crippen LogP contribution in [0.3, 0.4) is 0 Å². The zero-order valence-corrected chi connectivity index (χ0v) is 9.58. The Morgan fingerprint density at radius 1 is 1.40 bits per heavy atom. The van der Waals surface area contributed by atoms with Gasteiger partial charge in [0.25, 0.3) is 0 Å². The third-order valence-electron chi connectivity index (χ3n) is 1.91. The predicted octanol–water partition coefficient (Wildman–Crippen LogP) is 3.14. The zero-order chi connectivity index (χ0) is 12.3. The molecule has 1 atom stereocenters. The van der Waals surface area contributed by atoms with Gasteiger partial charge in [-0.05, 0) is 0 Å². The molecule has 0 spiro atoms. The van der Waals surface area contributed by atoms with Gasteiger partial charge in [-0.15, -0.1) is 11.6 Å². The molecule has 2 nitrogen and oxygen atoms in total. The molecule has 0 heterocycles. The third kappa shape index (κ3) is 6.60. The molecule has 0 aromatic carbocycles. The van der Waals surface area contributed by atoms with Crippen molar-refractivity contribution in [1.29, 1.82) is 0 Å². The molecule has 0 amide bonds. The van der Waals surface area contributed by atoms with E-state index >= 15 is 0 Å². The number of alkyl halides is 4. The Hall–Kier alpha value is -0.450. The fourth-order valence-corrected chi connectivity index (χ4v) is 1.10. The average Bonchev–Trinajstić information content (AvgIpc) is 1.97. The van der Waals surface area contributed by atoms with Gasteiger partial charge in [0.2, 0.25) is 0 Å². The number of halogens is 4. The van der Waals surface area contributed by atoms with Crippen molar-refractivity contribution >= 4 is 17.6 Å². The summed E-state index contributed by atoms with van der Waals surface area (Å²) in [7, 11) is 0. The van der Waals surface area contributed by atoms with Gasteiger partial charge in [0.15, 0.2) is 0 Å². The topological polar surface area (TPSA) is 26.3 Å². The van der Waals surface area contributed by atoms with Crippen LogP contribution in [0.5, 0.6) is 0 Å². The summed E-state index contributed by atoms with van der Waals surface area (Å²) in [6.07, 6.45) is -5.40. The van der Waals surface area contributed by atoms with Gasteiger partial charge in [0.05, 0.1) is 18.4 Å². The van der Waals surface area contributed by atoms with Crippen LogP contribution in [0.4, 0.5) is 13.2 Å². The minimum Gasteiger partial charge on any atom is -0.465 e. The number of rotatable bonds is 4. The van der Waals surface area contributed by atoms with Gasteiger partial charge in [0, 0.05) is 12.3 Å². The molecular formula is C9H14ClF3O2. The molecule has 0 rings (SSSR count). The number of hydrogen-bond acceptors (Lipinski definition) is 2. The smallest absolute Gasteiger partial charge is 0.390 e. The molecule has 1 unspecified atom stereocenters. The minimum atomic E-state index is -4.31. The lowest BCUT2D eigenvalue weighted by Crippen LogP contribution is -2.34. The van der Waals surface area contributed by atoms with Crippen LogP contribution in [0, 0.1) is 5.41 Å². The van der Waals surface area contributed by atoms with Crippen molar-refractivity contribution in [1.82, 2.24) is 0 Å². The van der Waals surface area contributed by atoms with E-state index in [1.807, 2.05) is 0 Å². The van der Waals surface area contributed by atoms with Gasteiger partial charge in [0.1, 0.15) is 0 Å². The van der Waals surface area contributed by atoms with Crippen LogP contribution < -0.4 is 0 Å². The maximum atomic E-state index is 12.0. The fraction of sp³-hybridized carbons (Fsp3) is 0.889. The number of hydrogen-bond donors (Lipinski definition) is 0. The first kappa shape index (κ1) is 14.6. The van der Waals surface area contributed by atoms with E-state index < -0.39 is 29.4 Å². The molecule has 0 aliphatic heterocycles. The van der Waals surface area contributed by atoms with Gasteiger partial charge >= 0.3 is 12.1 Å². The van der Waals surface area contributed by atoms with E-state index in [2.05, 4.69) is 4.74 Å². The first-order chi connectivity index (χ1) is 6.54. The van der Waals surface area contributed by atoms with Crippen LogP contribution in [-0.4, -0.2) is 24.1 Å². The normalized spacial score (nSPS) is 14.9. The molecule has 0 bridgehead atoms. The molecule has 0 aromatic rings. The van der Waals surface area contributed by atoms with Crippen molar-refractivity contribution in [2.75, 3.05) is 6.61 Å². The monoisotopic (exact) mass is 246 g/mol. The molecule has 0 aliphatic rings. The van der Waals surface area contributed by atoms with Crippen LogP contribution in [0.15, 0.2) is 0 Å². The van der Waals surface area contributed by atoms with E-state index in [9.17, 15) is 18.0 Å². The first-order valence-corrected chi connectivity index (χ1v) is 4.82. The molecule has 0 N–H and O–H groups in total. The molecule has 15 heavy (non-hydrogen) atoms. The maximum Gasteiger partial charge on any atom is 0.390 e. The summed E-state index contributed by atoms with van der Waals surface area (Å²) in [5.74, 6) is -0.529. The van der Waals surface area contributed by atoms with E-state index in [0.717, 1.165) is 0 Å². The lowest BCUT2D eigenvalue weighted by Gasteiger charge is -2.29. The zero-order valence-electron chi connectivity index (χ0n) is 8.82. The second-order valence-corrected chi connectivity index (χ2v) is 4.58. The highest BCUT2D eigenvalue weighted by molar-refractivity contribution is 6.21. The third-order valence-corrected chi connectivity index (χ3v) is 2.65. The van der Waals surface area contributed by atoms with Crippen LogP contribution in [0.25, 0.3) is 0 Å². The summed E-state index contributed by atoms with van der Waals surface area (Å²) in [4.78, 5) is 10.5.